The molecule has 5 heteroatoms. The molecule has 0 aliphatic carbocycles. The second-order valence-corrected chi connectivity index (χ2v) is 7.22. The molecule has 3 aliphatic rings. The number of nitrogens with one attached hydrogen (secondary N) is 1. The van der Waals surface area contributed by atoms with Gasteiger partial charge in [0.05, 0.1) is 13.1 Å². The second-order valence-electron chi connectivity index (χ2n) is 7.22. The molecule has 0 spiro atoms. The number of quaternary nitrogens is 1. The number of nitrogens with zero attached hydrogens (tertiary/aromatic N) is 1. The molecule has 2 bridgehead atoms. The van der Waals surface area contributed by atoms with Crippen LogP contribution in [0.2, 0.25) is 0 Å². The van der Waals surface area contributed by atoms with Crippen molar-refractivity contribution >= 4 is 0 Å². The maximum Gasteiger partial charge on any atom is 0.250 e. The highest BCUT2D eigenvalue weighted by atomic mass is 16.7. The number of ether oxygens (including phenoxy) is 2. The normalized spacial score (nSPS) is 26.9. The van der Waals surface area contributed by atoms with Gasteiger partial charge in [0.2, 0.25) is 6.79 Å². The van der Waals surface area contributed by atoms with Crippen LogP contribution in [0.15, 0.2) is 41.2 Å². The average molecular weight is 325 g/mol. The van der Waals surface area contributed by atoms with Crippen LogP contribution in [0.4, 0.5) is 0 Å². The van der Waals surface area contributed by atoms with Crippen molar-refractivity contribution in [2.24, 2.45) is 5.92 Å². The molecule has 0 amide bonds. The topological polar surface area (TPSA) is 44.9 Å². The van der Waals surface area contributed by atoms with Crippen molar-refractivity contribution in [3.63, 3.8) is 0 Å². The molecule has 3 atom stereocenters. The zero-order valence-electron chi connectivity index (χ0n) is 13.5. The fourth-order valence-corrected chi connectivity index (χ4v) is 4.60. The Morgan fingerprint density at radius 3 is 3.00 bits per heavy atom. The lowest BCUT2D eigenvalue weighted by Crippen LogP contribution is -3.13. The van der Waals surface area contributed by atoms with Crippen LogP contribution >= 0.6 is 0 Å². The summed E-state index contributed by atoms with van der Waals surface area (Å²) >= 11 is 0. The molecule has 0 saturated carbocycles. The molecule has 1 aromatic carbocycles. The number of piperidine rings is 1. The van der Waals surface area contributed by atoms with Gasteiger partial charge in [-0.25, -0.2) is 0 Å². The fraction of sp³-hybridized carbons (Fsp3) is 0.421. The lowest BCUT2D eigenvalue weighted by Gasteiger charge is -2.40. The summed E-state index contributed by atoms with van der Waals surface area (Å²) in [4.78, 5) is 13.7. The fourth-order valence-electron chi connectivity index (χ4n) is 4.60. The van der Waals surface area contributed by atoms with Gasteiger partial charge >= 0.3 is 0 Å². The zero-order chi connectivity index (χ0) is 16.1. The van der Waals surface area contributed by atoms with Crippen molar-refractivity contribution < 1.29 is 14.4 Å². The number of likely N-dealkylation sites (tertiary alicyclic amines) is 1. The highest BCUT2D eigenvalue weighted by Crippen LogP contribution is 2.33. The summed E-state index contributed by atoms with van der Waals surface area (Å²) in [7, 11) is 0. The predicted octanol–water partition coefficient (Wildman–Crippen LogP) is 0.779. The molecule has 1 aromatic heterocycles. The van der Waals surface area contributed by atoms with Gasteiger partial charge in [-0.15, -0.1) is 0 Å². The van der Waals surface area contributed by atoms with Gasteiger partial charge in [0, 0.05) is 35.7 Å². The third-order valence-electron chi connectivity index (χ3n) is 5.56. The first-order valence-electron chi connectivity index (χ1n) is 8.68. The molecule has 2 aromatic rings. The van der Waals surface area contributed by atoms with Gasteiger partial charge in [0.1, 0.15) is 6.54 Å². The number of hydrogen-bond acceptors (Lipinski definition) is 3. The summed E-state index contributed by atoms with van der Waals surface area (Å²) in [6, 6.07) is 12.0. The number of aromatic nitrogens is 1. The van der Waals surface area contributed by atoms with E-state index < -0.39 is 0 Å². The molecule has 5 nitrogen and oxygen atoms in total. The van der Waals surface area contributed by atoms with Crippen molar-refractivity contribution in [3.05, 3.63) is 58.0 Å². The molecular weight excluding hydrogens is 304 g/mol. The van der Waals surface area contributed by atoms with Crippen molar-refractivity contribution in [2.45, 2.75) is 25.4 Å². The van der Waals surface area contributed by atoms with Crippen molar-refractivity contribution in [3.8, 4) is 11.5 Å². The van der Waals surface area contributed by atoms with E-state index in [4.69, 9.17) is 9.47 Å². The van der Waals surface area contributed by atoms with E-state index in [9.17, 15) is 4.79 Å². The molecule has 5 rings (SSSR count). The molecule has 4 heterocycles. The SMILES string of the molecule is O=c1cccc2n1CC1CC2C[NH+](Cc2ccc3c(c2)OCO3)C1. The molecule has 1 saturated heterocycles. The van der Waals surface area contributed by atoms with E-state index in [2.05, 4.69) is 18.2 Å². The quantitative estimate of drug-likeness (QED) is 0.887. The Hall–Kier alpha value is -2.27. The largest absolute Gasteiger partial charge is 0.454 e. The zero-order valence-corrected chi connectivity index (χ0v) is 13.5. The Labute approximate surface area is 140 Å². The lowest BCUT2D eigenvalue weighted by molar-refractivity contribution is -0.924. The molecule has 0 radical (unpaired) electrons. The van der Waals surface area contributed by atoms with Crippen LogP contribution in [0.25, 0.3) is 0 Å². The van der Waals surface area contributed by atoms with Gasteiger partial charge in [-0.3, -0.25) is 4.79 Å². The standard InChI is InChI=1S/C19H20N2O3/c22-19-3-1-2-16-15-6-14(10-21(16)19)9-20(11-15)8-13-4-5-17-18(7-13)24-12-23-17/h1-5,7,14-15H,6,8-12H2/p+1. The Kier molecular flexibility index (Phi) is 3.16. The monoisotopic (exact) mass is 325 g/mol. The lowest BCUT2D eigenvalue weighted by atomic mass is 9.83. The van der Waals surface area contributed by atoms with E-state index in [0.29, 0.717) is 18.6 Å². The smallest absolute Gasteiger partial charge is 0.250 e. The number of benzene rings is 1. The summed E-state index contributed by atoms with van der Waals surface area (Å²) in [5, 5.41) is 0. The first-order chi connectivity index (χ1) is 11.8. The van der Waals surface area contributed by atoms with Crippen molar-refractivity contribution in [1.82, 2.24) is 4.57 Å². The van der Waals surface area contributed by atoms with E-state index in [-0.39, 0.29) is 5.56 Å². The molecule has 3 aliphatic heterocycles. The molecule has 124 valence electrons. The Morgan fingerprint density at radius 2 is 2.04 bits per heavy atom. The van der Waals surface area contributed by atoms with Crippen LogP contribution in [0.1, 0.15) is 23.6 Å². The third kappa shape index (κ3) is 2.31. The minimum absolute atomic E-state index is 0.154. The Morgan fingerprint density at radius 1 is 1.12 bits per heavy atom. The highest BCUT2D eigenvalue weighted by Gasteiger charge is 2.37. The van der Waals surface area contributed by atoms with E-state index in [1.165, 1.54) is 17.7 Å². The minimum atomic E-state index is 0.154. The van der Waals surface area contributed by atoms with Crippen molar-refractivity contribution in [2.75, 3.05) is 19.9 Å². The van der Waals surface area contributed by atoms with Gasteiger partial charge in [-0.05, 0) is 30.7 Å². The molecule has 1 fully saturated rings. The third-order valence-corrected chi connectivity index (χ3v) is 5.56. The molecular formula is C19H21N2O3+. The number of fused-ring (bicyclic) bond motifs is 5. The summed E-state index contributed by atoms with van der Waals surface area (Å²) in [5.74, 6) is 2.80. The Bertz CT molecular complexity index is 845. The van der Waals surface area contributed by atoms with Crippen LogP contribution in [-0.2, 0) is 13.1 Å². The van der Waals surface area contributed by atoms with Crippen LogP contribution in [0.3, 0.4) is 0 Å². The van der Waals surface area contributed by atoms with Crippen LogP contribution in [0, 0.1) is 5.92 Å². The molecule has 3 unspecified atom stereocenters. The van der Waals surface area contributed by atoms with E-state index in [1.807, 2.05) is 16.7 Å². The molecule has 24 heavy (non-hydrogen) atoms. The summed E-state index contributed by atoms with van der Waals surface area (Å²) in [5.41, 5.74) is 2.67. The second kappa shape index (κ2) is 5.38. The molecule has 1 N–H and O–H groups in total. The van der Waals surface area contributed by atoms with E-state index in [1.54, 1.807) is 11.0 Å². The summed E-state index contributed by atoms with van der Waals surface area (Å²) in [6.45, 7) is 4.42. The van der Waals surface area contributed by atoms with Gasteiger partial charge in [0.25, 0.3) is 5.56 Å². The number of hydrogen-bond donors (Lipinski definition) is 1. The highest BCUT2D eigenvalue weighted by molar-refractivity contribution is 5.44. The van der Waals surface area contributed by atoms with Crippen LogP contribution in [-0.4, -0.2) is 24.4 Å². The minimum Gasteiger partial charge on any atom is -0.454 e. The summed E-state index contributed by atoms with van der Waals surface area (Å²) in [6.07, 6.45) is 1.22. The van der Waals surface area contributed by atoms with Gasteiger partial charge in [-0.2, -0.15) is 0 Å². The van der Waals surface area contributed by atoms with Gasteiger partial charge in [-0.1, -0.05) is 6.07 Å². The van der Waals surface area contributed by atoms with E-state index in [0.717, 1.165) is 37.7 Å². The summed E-state index contributed by atoms with van der Waals surface area (Å²) < 4.78 is 12.9. The number of rotatable bonds is 2. The van der Waals surface area contributed by atoms with Gasteiger partial charge in [0.15, 0.2) is 11.5 Å². The first kappa shape index (κ1) is 14.1. The first-order valence-corrected chi connectivity index (χ1v) is 8.68. The maximum atomic E-state index is 12.1. The average Bonchev–Trinajstić information content (AvgIpc) is 3.03. The van der Waals surface area contributed by atoms with Crippen molar-refractivity contribution in [1.29, 1.82) is 0 Å². The Balaban J connectivity index is 1.38. The van der Waals surface area contributed by atoms with Crippen LogP contribution < -0.4 is 19.9 Å². The predicted molar refractivity (Wildman–Crippen MR) is 88.5 cm³/mol. The maximum absolute atomic E-state index is 12.1. The number of pyridine rings is 1. The van der Waals surface area contributed by atoms with E-state index >= 15 is 0 Å². The van der Waals surface area contributed by atoms with Gasteiger partial charge < -0.3 is 18.9 Å². The van der Waals surface area contributed by atoms with Crippen LogP contribution in [0.5, 0.6) is 11.5 Å².